The maximum absolute atomic E-state index is 11.4. The first-order valence-corrected chi connectivity index (χ1v) is 6.45. The molecule has 0 atom stereocenters. The van der Waals surface area contributed by atoms with Crippen LogP contribution in [0.5, 0.6) is 23.0 Å². The van der Waals surface area contributed by atoms with Gasteiger partial charge in [0.2, 0.25) is 5.75 Å². The molecule has 0 amide bonds. The van der Waals surface area contributed by atoms with Crippen LogP contribution in [-0.4, -0.2) is 30.4 Å². The molecular formula is C16H16O6. The molecule has 0 aromatic heterocycles. The van der Waals surface area contributed by atoms with Gasteiger partial charge >= 0.3 is 5.97 Å². The van der Waals surface area contributed by atoms with Gasteiger partial charge in [-0.25, -0.2) is 4.79 Å². The fourth-order valence-corrected chi connectivity index (χ4v) is 1.86. The number of hydrogen-bond donors (Lipinski definition) is 2. The number of esters is 1. The number of ether oxygens (including phenoxy) is 3. The average molecular weight is 304 g/mol. The number of phenols is 2. The zero-order chi connectivity index (χ0) is 16.1. The molecule has 0 radical (unpaired) electrons. The predicted octanol–water partition coefficient (Wildman–Crippen LogP) is 2.47. The molecule has 2 N–H and O–H groups in total. The van der Waals surface area contributed by atoms with Crippen molar-refractivity contribution in [2.75, 3.05) is 14.2 Å². The molecule has 2 rings (SSSR count). The van der Waals surface area contributed by atoms with Crippen molar-refractivity contribution in [3.05, 3.63) is 47.5 Å². The van der Waals surface area contributed by atoms with Crippen molar-refractivity contribution in [2.24, 2.45) is 0 Å². The highest BCUT2D eigenvalue weighted by atomic mass is 16.5. The molecule has 0 aliphatic carbocycles. The van der Waals surface area contributed by atoms with Gasteiger partial charge in [-0.05, 0) is 29.8 Å². The minimum Gasteiger partial charge on any atom is -0.504 e. The summed E-state index contributed by atoms with van der Waals surface area (Å²) in [6.07, 6.45) is 0. The van der Waals surface area contributed by atoms with Crippen LogP contribution in [0.1, 0.15) is 15.9 Å². The first-order valence-electron chi connectivity index (χ1n) is 6.45. The molecule has 0 heterocycles. The Balaban J connectivity index is 2.13. The number of hydrogen-bond acceptors (Lipinski definition) is 6. The number of methoxy groups -OCH3 is 2. The first kappa shape index (κ1) is 15.5. The van der Waals surface area contributed by atoms with Gasteiger partial charge in [-0.15, -0.1) is 0 Å². The third-order valence-corrected chi connectivity index (χ3v) is 3.01. The molecule has 116 valence electrons. The summed E-state index contributed by atoms with van der Waals surface area (Å²) in [5, 5.41) is 19.7. The molecule has 0 fully saturated rings. The lowest BCUT2D eigenvalue weighted by Gasteiger charge is -2.11. The van der Waals surface area contributed by atoms with Crippen molar-refractivity contribution in [1.29, 1.82) is 0 Å². The Morgan fingerprint density at radius 2 is 1.64 bits per heavy atom. The molecule has 22 heavy (non-hydrogen) atoms. The Morgan fingerprint density at radius 1 is 1.05 bits per heavy atom. The predicted molar refractivity (Wildman–Crippen MR) is 78.4 cm³/mol. The van der Waals surface area contributed by atoms with E-state index in [1.54, 1.807) is 31.4 Å². The van der Waals surface area contributed by atoms with Gasteiger partial charge in [-0.1, -0.05) is 12.1 Å². The highest BCUT2D eigenvalue weighted by Crippen LogP contribution is 2.37. The van der Waals surface area contributed by atoms with E-state index >= 15 is 0 Å². The fourth-order valence-electron chi connectivity index (χ4n) is 1.86. The van der Waals surface area contributed by atoms with E-state index < -0.39 is 5.97 Å². The Bertz CT molecular complexity index is 640. The lowest BCUT2D eigenvalue weighted by atomic mass is 10.2. The molecule has 0 unspecified atom stereocenters. The summed E-state index contributed by atoms with van der Waals surface area (Å²) in [6.45, 7) is 0.142. The molecule has 2 aromatic carbocycles. The third-order valence-electron chi connectivity index (χ3n) is 3.01. The van der Waals surface area contributed by atoms with Gasteiger partial charge in [0.1, 0.15) is 12.4 Å². The van der Waals surface area contributed by atoms with Crippen LogP contribution in [0.3, 0.4) is 0 Å². The van der Waals surface area contributed by atoms with E-state index in [9.17, 15) is 15.0 Å². The van der Waals surface area contributed by atoms with E-state index in [-0.39, 0.29) is 29.4 Å². The fraction of sp³-hybridized carbons (Fsp3) is 0.188. The summed E-state index contributed by atoms with van der Waals surface area (Å²) in [4.78, 5) is 11.4. The van der Waals surface area contributed by atoms with Crippen molar-refractivity contribution >= 4 is 5.97 Å². The maximum atomic E-state index is 11.4. The van der Waals surface area contributed by atoms with Gasteiger partial charge in [-0.3, -0.25) is 0 Å². The van der Waals surface area contributed by atoms with Gasteiger partial charge in [0, 0.05) is 0 Å². The number of rotatable bonds is 5. The van der Waals surface area contributed by atoms with Crippen LogP contribution in [0.25, 0.3) is 0 Å². The minimum atomic E-state index is -0.660. The van der Waals surface area contributed by atoms with Gasteiger partial charge in [0.15, 0.2) is 11.5 Å². The van der Waals surface area contributed by atoms with E-state index in [0.29, 0.717) is 0 Å². The van der Waals surface area contributed by atoms with Crippen molar-refractivity contribution in [3.63, 3.8) is 0 Å². The van der Waals surface area contributed by atoms with E-state index in [0.717, 1.165) is 11.3 Å². The van der Waals surface area contributed by atoms with Crippen molar-refractivity contribution < 1.29 is 29.2 Å². The topological polar surface area (TPSA) is 85.2 Å². The van der Waals surface area contributed by atoms with Crippen molar-refractivity contribution in [2.45, 2.75) is 6.61 Å². The summed E-state index contributed by atoms with van der Waals surface area (Å²) in [6, 6.07) is 9.51. The van der Waals surface area contributed by atoms with Crippen LogP contribution in [0.4, 0.5) is 0 Å². The standard InChI is InChI=1S/C16H16O6/c1-20-12-5-3-10(4-6-12)9-22-15-13(17)7-11(8-14(15)18)16(19)21-2/h3-8,17-18H,9H2,1-2H3. The molecule has 2 aromatic rings. The Kier molecular flexibility index (Phi) is 4.73. The number of carbonyl (C=O) groups is 1. The zero-order valence-electron chi connectivity index (χ0n) is 12.2. The summed E-state index contributed by atoms with van der Waals surface area (Å²) in [5.41, 5.74) is 0.867. The molecule has 6 nitrogen and oxygen atoms in total. The van der Waals surface area contributed by atoms with Crippen LogP contribution in [0.2, 0.25) is 0 Å². The SMILES string of the molecule is COC(=O)c1cc(O)c(OCc2ccc(OC)cc2)c(O)c1. The van der Waals surface area contributed by atoms with Crippen LogP contribution in [0, 0.1) is 0 Å². The van der Waals surface area contributed by atoms with E-state index in [1.807, 2.05) is 0 Å². The summed E-state index contributed by atoms with van der Waals surface area (Å²) in [5.74, 6) is -0.713. The van der Waals surface area contributed by atoms with Crippen LogP contribution < -0.4 is 9.47 Å². The normalized spacial score (nSPS) is 10.1. The third kappa shape index (κ3) is 3.41. The Morgan fingerprint density at radius 3 is 2.14 bits per heavy atom. The molecule has 0 spiro atoms. The monoisotopic (exact) mass is 304 g/mol. The summed E-state index contributed by atoms with van der Waals surface area (Å²) < 4.78 is 15.0. The molecule has 0 aliphatic rings. The molecule has 0 saturated carbocycles. The Labute approximate surface area is 127 Å². The van der Waals surface area contributed by atoms with Gasteiger partial charge in [-0.2, -0.15) is 0 Å². The lowest BCUT2D eigenvalue weighted by molar-refractivity contribution is 0.0599. The molecule has 0 saturated heterocycles. The highest BCUT2D eigenvalue weighted by Gasteiger charge is 2.15. The van der Waals surface area contributed by atoms with E-state index in [1.165, 1.54) is 19.2 Å². The summed E-state index contributed by atoms with van der Waals surface area (Å²) >= 11 is 0. The lowest BCUT2D eigenvalue weighted by Crippen LogP contribution is -2.02. The van der Waals surface area contributed by atoms with Gasteiger partial charge < -0.3 is 24.4 Å². The molecule has 0 bridgehead atoms. The second-order valence-electron chi connectivity index (χ2n) is 4.47. The Hall–Kier alpha value is -2.89. The minimum absolute atomic E-state index is 0.0364. The second kappa shape index (κ2) is 6.71. The van der Waals surface area contributed by atoms with E-state index in [4.69, 9.17) is 9.47 Å². The number of phenolic OH excluding ortho intramolecular Hbond substituents is 2. The van der Waals surface area contributed by atoms with E-state index in [2.05, 4.69) is 4.74 Å². The van der Waals surface area contributed by atoms with Crippen molar-refractivity contribution in [3.8, 4) is 23.0 Å². The quantitative estimate of drug-likeness (QED) is 0.825. The van der Waals surface area contributed by atoms with Crippen LogP contribution >= 0.6 is 0 Å². The number of aromatic hydroxyl groups is 2. The largest absolute Gasteiger partial charge is 0.504 e. The van der Waals surface area contributed by atoms with Gasteiger partial charge in [0.25, 0.3) is 0 Å². The molecule has 6 heteroatoms. The molecular weight excluding hydrogens is 288 g/mol. The zero-order valence-corrected chi connectivity index (χ0v) is 12.2. The maximum Gasteiger partial charge on any atom is 0.338 e. The second-order valence-corrected chi connectivity index (χ2v) is 4.47. The van der Waals surface area contributed by atoms with Crippen LogP contribution in [-0.2, 0) is 11.3 Å². The first-order chi connectivity index (χ1) is 10.5. The average Bonchev–Trinajstić information content (AvgIpc) is 2.53. The smallest absolute Gasteiger partial charge is 0.338 e. The van der Waals surface area contributed by atoms with Crippen LogP contribution in [0.15, 0.2) is 36.4 Å². The van der Waals surface area contributed by atoms with Crippen molar-refractivity contribution in [1.82, 2.24) is 0 Å². The number of carbonyl (C=O) groups excluding carboxylic acids is 1. The van der Waals surface area contributed by atoms with Gasteiger partial charge in [0.05, 0.1) is 19.8 Å². The highest BCUT2D eigenvalue weighted by molar-refractivity contribution is 5.91. The molecule has 0 aliphatic heterocycles. The summed E-state index contributed by atoms with van der Waals surface area (Å²) in [7, 11) is 2.79. The number of benzene rings is 2.